The maximum atomic E-state index is 13.5. The molecular formula is C49H76N14O6. The largest absolute Gasteiger partial charge is 0.371 e. The van der Waals surface area contributed by atoms with Crippen molar-refractivity contribution in [1.82, 2.24) is 61.3 Å². The maximum Gasteiger partial charge on any atom is 0.320 e. The summed E-state index contributed by atoms with van der Waals surface area (Å²) in [5, 5.41) is 21.5. The highest BCUT2D eigenvalue weighted by Crippen LogP contribution is 2.38. The van der Waals surface area contributed by atoms with Crippen LogP contribution in [-0.2, 0) is 14.4 Å². The SMILES string of the molecule is CN1CCN([C@@H]2CCCN(C3(C4CCCCCCCC4)CNC(C(N)=O)C(NC4CNC(N5CCN(C[C@H]6CCN(c7ccc8c(c7)C(=O)N([C@@H]7CCC(=O)NC7=O)C8=O)C6)CC5)NC4)N3)C2)C1=O. The summed E-state index contributed by atoms with van der Waals surface area (Å²) in [5.74, 6) is -1.45. The Morgan fingerprint density at radius 1 is 0.783 bits per heavy atom. The minimum Gasteiger partial charge on any atom is -0.371 e. The molecule has 1 aromatic rings. The Morgan fingerprint density at radius 3 is 2.23 bits per heavy atom. The second-order valence-corrected chi connectivity index (χ2v) is 21.5. The van der Waals surface area contributed by atoms with Crippen molar-refractivity contribution in [3.63, 3.8) is 0 Å². The number of benzene rings is 1. The molecule has 0 aromatic heterocycles. The number of carbonyl (C=O) groups is 6. The molecule has 10 rings (SSSR count). The van der Waals surface area contributed by atoms with Crippen LogP contribution in [-0.4, -0.2) is 206 Å². The highest BCUT2D eigenvalue weighted by atomic mass is 16.2. The molecule has 8 N–H and O–H groups in total. The standard InChI is InChI=1S/C49H76N14O6/c1-57-19-24-62(48(57)69)36-11-8-17-61(30-36)49(33-9-6-4-2-3-5-7-10-33)31-53-41(42(50)65)43(56-49)54-34-26-51-47(52-27-34)59-22-20-58(21-23-59)28-32-16-18-60(29-32)35-12-13-37-38(25-35)46(68)63(45(37)67)39-14-15-40(64)55-44(39)66/h12-13,25,32-34,36,39,41,43,47,51-54,56H,2-11,14-24,26-31H2,1H3,(H2,50,65)(H,55,64,66)/t32-,34?,36-,39-,41?,43?,47?,49?/m1/s1. The van der Waals surface area contributed by atoms with Crippen LogP contribution in [0, 0.1) is 11.8 Å². The number of likely N-dealkylation sites (N-methyl/N-ethyl adjacent to an activating group) is 1. The lowest BCUT2D eigenvalue weighted by Crippen LogP contribution is -2.82. The first-order valence-corrected chi connectivity index (χ1v) is 26.3. The van der Waals surface area contributed by atoms with Gasteiger partial charge in [0, 0.05) is 123 Å². The second-order valence-electron chi connectivity index (χ2n) is 21.5. The predicted molar refractivity (Wildman–Crippen MR) is 259 cm³/mol. The number of amides is 7. The van der Waals surface area contributed by atoms with E-state index in [-0.39, 0.29) is 60.9 Å². The zero-order valence-corrected chi connectivity index (χ0v) is 40.6. The van der Waals surface area contributed by atoms with Gasteiger partial charge in [-0.2, -0.15) is 0 Å². The number of anilines is 1. The fourth-order valence-electron chi connectivity index (χ4n) is 13.3. The van der Waals surface area contributed by atoms with Gasteiger partial charge in [-0.3, -0.25) is 65.3 Å². The van der Waals surface area contributed by atoms with Crippen molar-refractivity contribution in [3.05, 3.63) is 29.3 Å². The van der Waals surface area contributed by atoms with Gasteiger partial charge in [0.2, 0.25) is 17.7 Å². The lowest BCUT2D eigenvalue weighted by molar-refractivity contribution is -0.136. The average Bonchev–Trinajstić information content (AvgIpc) is 4.06. The number of nitrogens with zero attached hydrogens (tertiary/aromatic N) is 7. The Balaban J connectivity index is 0.719. The highest BCUT2D eigenvalue weighted by Gasteiger charge is 2.52. The molecule has 0 radical (unpaired) electrons. The van der Waals surface area contributed by atoms with Crippen LogP contribution in [0.25, 0.3) is 0 Å². The lowest BCUT2D eigenvalue weighted by Gasteiger charge is -2.58. The molecule has 1 aromatic carbocycles. The van der Waals surface area contributed by atoms with E-state index in [4.69, 9.17) is 5.73 Å². The molecule has 7 saturated heterocycles. The van der Waals surface area contributed by atoms with E-state index in [0.29, 0.717) is 29.5 Å². The van der Waals surface area contributed by atoms with Crippen molar-refractivity contribution in [2.24, 2.45) is 17.6 Å². The molecule has 1 saturated carbocycles. The Morgan fingerprint density at radius 2 is 1.52 bits per heavy atom. The number of imide groups is 2. The van der Waals surface area contributed by atoms with Gasteiger partial charge < -0.3 is 30.7 Å². The highest BCUT2D eigenvalue weighted by molar-refractivity contribution is 6.23. The van der Waals surface area contributed by atoms with Crippen molar-refractivity contribution in [3.8, 4) is 0 Å². The van der Waals surface area contributed by atoms with E-state index < -0.39 is 29.8 Å². The van der Waals surface area contributed by atoms with Gasteiger partial charge in [-0.05, 0) is 68.6 Å². The first-order valence-electron chi connectivity index (χ1n) is 26.3. The van der Waals surface area contributed by atoms with E-state index in [1.807, 2.05) is 18.0 Å². The third kappa shape index (κ3) is 10.0. The first kappa shape index (κ1) is 48.4. The van der Waals surface area contributed by atoms with Gasteiger partial charge in [-0.1, -0.05) is 38.5 Å². The van der Waals surface area contributed by atoms with Gasteiger partial charge in [0.05, 0.1) is 23.0 Å². The molecule has 0 bridgehead atoms. The van der Waals surface area contributed by atoms with Gasteiger partial charge in [-0.25, -0.2) is 4.79 Å². The molecule has 1 aliphatic carbocycles. The molecule has 9 aliphatic rings. The maximum absolute atomic E-state index is 13.5. The van der Waals surface area contributed by atoms with Gasteiger partial charge in [0.1, 0.15) is 18.4 Å². The average molecular weight is 957 g/mol. The molecule has 8 heterocycles. The van der Waals surface area contributed by atoms with Crippen LogP contribution in [0.1, 0.15) is 104 Å². The molecule has 6 atom stereocenters. The number of rotatable bonds is 11. The summed E-state index contributed by atoms with van der Waals surface area (Å²) >= 11 is 0. The fraction of sp³-hybridized carbons (Fsp3) is 0.755. The Bertz CT molecular complexity index is 2090. The number of hydrogen-bond donors (Lipinski definition) is 7. The molecule has 8 aliphatic heterocycles. The van der Waals surface area contributed by atoms with Gasteiger partial charge in [-0.15, -0.1) is 0 Å². The van der Waals surface area contributed by atoms with Crippen molar-refractivity contribution < 1.29 is 28.8 Å². The second kappa shape index (κ2) is 20.8. The lowest BCUT2D eigenvalue weighted by atomic mass is 9.79. The fourth-order valence-corrected chi connectivity index (χ4v) is 13.3. The van der Waals surface area contributed by atoms with Crippen molar-refractivity contribution >= 4 is 41.3 Å². The molecule has 0 spiro atoms. The van der Waals surface area contributed by atoms with Crippen LogP contribution in [0.2, 0.25) is 0 Å². The van der Waals surface area contributed by atoms with Crippen LogP contribution >= 0.6 is 0 Å². The summed E-state index contributed by atoms with van der Waals surface area (Å²) in [6.07, 6.45) is 12.7. The molecule has 3 unspecified atom stereocenters. The number of piperazine rings is 2. The number of hydrogen-bond acceptors (Lipinski definition) is 15. The number of carbonyl (C=O) groups excluding carboxylic acids is 6. The summed E-state index contributed by atoms with van der Waals surface area (Å²) in [7, 11) is 1.90. The molecule has 20 nitrogen and oxygen atoms in total. The monoisotopic (exact) mass is 957 g/mol. The van der Waals surface area contributed by atoms with Crippen LogP contribution in [0.15, 0.2) is 18.2 Å². The number of nitrogens with one attached hydrogen (secondary N) is 6. The zero-order valence-electron chi connectivity index (χ0n) is 40.6. The van der Waals surface area contributed by atoms with Crippen LogP contribution in [0.3, 0.4) is 0 Å². The molecule has 69 heavy (non-hydrogen) atoms. The quantitative estimate of drug-likeness (QED) is 0.141. The minimum absolute atomic E-state index is 0.0486. The van der Waals surface area contributed by atoms with Gasteiger partial charge >= 0.3 is 6.03 Å². The molecule has 378 valence electrons. The third-order valence-electron chi connectivity index (χ3n) is 17.2. The Kier molecular flexibility index (Phi) is 14.6. The number of likely N-dealkylation sites (tertiary alicyclic amines) is 1. The van der Waals surface area contributed by atoms with Crippen molar-refractivity contribution in [1.29, 1.82) is 0 Å². The van der Waals surface area contributed by atoms with Gasteiger partial charge in [0.15, 0.2) is 0 Å². The van der Waals surface area contributed by atoms with E-state index >= 15 is 0 Å². The number of piperidine rings is 2. The number of nitrogens with two attached hydrogens (primary N) is 1. The summed E-state index contributed by atoms with van der Waals surface area (Å²) in [6.45, 7) is 11.9. The third-order valence-corrected chi connectivity index (χ3v) is 17.2. The van der Waals surface area contributed by atoms with Crippen molar-refractivity contribution in [2.75, 3.05) is 104 Å². The van der Waals surface area contributed by atoms with Crippen LogP contribution in [0.4, 0.5) is 10.5 Å². The van der Waals surface area contributed by atoms with Crippen LogP contribution in [0.5, 0.6) is 0 Å². The minimum atomic E-state index is -0.975. The number of fused-ring (bicyclic) bond motifs is 1. The molecule has 20 heteroatoms. The van der Waals surface area contributed by atoms with E-state index in [0.717, 1.165) is 128 Å². The molecular weight excluding hydrogens is 881 g/mol. The smallest absolute Gasteiger partial charge is 0.320 e. The van der Waals surface area contributed by atoms with Gasteiger partial charge in [0.25, 0.3) is 11.8 Å². The predicted octanol–water partition coefficient (Wildman–Crippen LogP) is -0.382. The summed E-state index contributed by atoms with van der Waals surface area (Å²) < 4.78 is 0. The van der Waals surface area contributed by atoms with Crippen LogP contribution < -0.4 is 42.5 Å². The Hall–Kier alpha value is -4.28. The van der Waals surface area contributed by atoms with E-state index in [1.165, 1.54) is 38.5 Å². The normalized spacial score (nSPS) is 34.2. The zero-order chi connectivity index (χ0) is 47.8. The van der Waals surface area contributed by atoms with E-state index in [1.54, 1.807) is 12.1 Å². The topological polar surface area (TPSA) is 223 Å². The first-order chi connectivity index (χ1) is 33.5. The van der Waals surface area contributed by atoms with E-state index in [9.17, 15) is 28.8 Å². The molecule has 7 amide bonds. The van der Waals surface area contributed by atoms with E-state index in [2.05, 4.69) is 56.4 Å². The summed E-state index contributed by atoms with van der Waals surface area (Å²) in [5.41, 5.74) is 7.29. The Labute approximate surface area is 406 Å². The van der Waals surface area contributed by atoms with Crippen molar-refractivity contribution in [2.45, 2.75) is 126 Å². The summed E-state index contributed by atoms with van der Waals surface area (Å²) in [4.78, 5) is 92.3. The number of urea groups is 1. The number of primary amides is 1. The summed E-state index contributed by atoms with van der Waals surface area (Å²) in [6, 6.07) is 4.22. The molecule has 8 fully saturated rings.